The number of nitrogens with one attached hydrogen (secondary N) is 1. The Balaban J connectivity index is 0. The zero-order chi connectivity index (χ0) is 26.0. The highest BCUT2D eigenvalue weighted by molar-refractivity contribution is 6.04. The lowest BCUT2D eigenvalue weighted by molar-refractivity contribution is 0.394. The van der Waals surface area contributed by atoms with E-state index in [0.717, 1.165) is 11.3 Å². The molecule has 0 aliphatic rings. The predicted molar refractivity (Wildman–Crippen MR) is 146 cm³/mol. The second kappa shape index (κ2) is 18.9. The number of hydrogen-bond donors (Lipinski definition) is 3. The summed E-state index contributed by atoms with van der Waals surface area (Å²) in [5.41, 5.74) is 9.11. The topological polar surface area (TPSA) is 104 Å². The van der Waals surface area contributed by atoms with Gasteiger partial charge in [0.15, 0.2) is 5.43 Å². The normalized spacial score (nSPS) is 13.5. The summed E-state index contributed by atoms with van der Waals surface area (Å²) in [6.07, 6.45) is 7.60. The number of aliphatic imine (C=N–C) groups is 2. The van der Waals surface area contributed by atoms with Crippen LogP contribution in [-0.2, 0) is 6.42 Å². The minimum Gasteiger partial charge on any atom is -0.512 e. The van der Waals surface area contributed by atoms with Crippen LogP contribution in [0.3, 0.4) is 0 Å². The largest absolute Gasteiger partial charge is 0.512 e. The minimum atomic E-state index is -0.0499. The van der Waals surface area contributed by atoms with E-state index in [1.807, 2.05) is 40.7 Å². The Kier molecular flexibility index (Phi) is 18.6. The molecule has 0 fully saturated rings. The van der Waals surface area contributed by atoms with Crippen molar-refractivity contribution in [3.8, 4) is 0 Å². The number of amidine groups is 2. The molecule has 0 spiro atoms. The Morgan fingerprint density at radius 2 is 1.73 bits per heavy atom. The van der Waals surface area contributed by atoms with Crippen molar-refractivity contribution in [1.29, 1.82) is 0 Å². The van der Waals surface area contributed by atoms with Crippen molar-refractivity contribution in [1.82, 2.24) is 4.98 Å². The smallest absolute Gasteiger partial charge is 0.185 e. The highest BCUT2D eigenvalue weighted by Gasteiger charge is 2.09. The van der Waals surface area contributed by atoms with Crippen LogP contribution in [-0.4, -0.2) is 28.3 Å². The van der Waals surface area contributed by atoms with Crippen LogP contribution >= 0.6 is 0 Å². The Morgan fingerprint density at radius 1 is 1.15 bits per heavy atom. The fourth-order valence-electron chi connectivity index (χ4n) is 2.32. The van der Waals surface area contributed by atoms with Gasteiger partial charge >= 0.3 is 0 Å². The average Bonchev–Trinajstić information content (AvgIpc) is 2.83. The van der Waals surface area contributed by atoms with Crippen molar-refractivity contribution in [2.24, 2.45) is 21.6 Å². The van der Waals surface area contributed by atoms with Gasteiger partial charge in [-0.3, -0.25) is 9.79 Å². The number of rotatable bonds is 8. The van der Waals surface area contributed by atoms with Crippen molar-refractivity contribution in [3.05, 3.63) is 56.7 Å². The molecule has 33 heavy (non-hydrogen) atoms. The van der Waals surface area contributed by atoms with Gasteiger partial charge in [-0.25, -0.2) is 4.99 Å². The average molecular weight is 461 g/mol. The summed E-state index contributed by atoms with van der Waals surface area (Å²) in [7, 11) is 0. The van der Waals surface area contributed by atoms with E-state index in [4.69, 9.17) is 5.73 Å². The first-order chi connectivity index (χ1) is 15.6. The van der Waals surface area contributed by atoms with Crippen LogP contribution in [0.25, 0.3) is 0 Å². The molecule has 1 aromatic rings. The summed E-state index contributed by atoms with van der Waals surface area (Å²) >= 11 is 0. The second-order valence-electron chi connectivity index (χ2n) is 7.72. The number of nitrogens with zero attached hydrogens (tertiary/aromatic N) is 2. The van der Waals surface area contributed by atoms with Gasteiger partial charge in [0.05, 0.1) is 11.5 Å². The number of aryl methyl sites for hydroxylation is 1. The molecule has 4 N–H and O–H groups in total. The summed E-state index contributed by atoms with van der Waals surface area (Å²) < 4.78 is 0. The molecule has 0 aliphatic carbocycles. The van der Waals surface area contributed by atoms with Gasteiger partial charge in [-0.2, -0.15) is 0 Å². The third kappa shape index (κ3) is 13.5. The number of H-pyrrole nitrogens is 1. The molecule has 6 nitrogen and oxygen atoms in total. The molecule has 1 heterocycles. The highest BCUT2D eigenvalue weighted by atomic mass is 16.3. The minimum absolute atomic E-state index is 0.0499. The number of allylic oxidation sites excluding steroid dienone is 3. The molecule has 0 saturated carbocycles. The summed E-state index contributed by atoms with van der Waals surface area (Å²) in [5, 5.41) is 9.53. The van der Waals surface area contributed by atoms with E-state index < -0.39 is 0 Å². The molecule has 1 atom stereocenters. The van der Waals surface area contributed by atoms with E-state index in [9.17, 15) is 9.90 Å². The van der Waals surface area contributed by atoms with E-state index in [1.54, 1.807) is 26.0 Å². The Bertz CT molecular complexity index is 859. The van der Waals surface area contributed by atoms with E-state index >= 15 is 0 Å². The maximum Gasteiger partial charge on any atom is 0.185 e. The molecule has 188 valence electrons. The molecule has 0 radical (unpaired) electrons. The van der Waals surface area contributed by atoms with Crippen LogP contribution in [0.4, 0.5) is 0 Å². The maximum absolute atomic E-state index is 12.0. The van der Waals surface area contributed by atoms with Gasteiger partial charge in [-0.05, 0) is 39.2 Å². The van der Waals surface area contributed by atoms with Crippen LogP contribution in [0.1, 0.15) is 98.5 Å². The number of aromatic amines is 1. The fourth-order valence-corrected chi connectivity index (χ4v) is 2.32. The number of aromatic nitrogens is 1. The standard InChI is InChI=1S/C21H32N4O2.C4H10.C2H6/c1-7-17-11-19(27)15(5)20(25-17)21(22)24-16(6)23-12-14(4)13(3)9-10-18(26)8-2;1-3-4-2;1-2/h9-11,14,26H,7-8,12H2,1-6H3,(H,25,27)(H2,22,23,24);3-4H2,1-2H3;1-2H3/b13-9+,18-10+;;. The first-order valence-corrected chi connectivity index (χ1v) is 12.3. The van der Waals surface area contributed by atoms with Crippen LogP contribution in [0.2, 0.25) is 0 Å². The third-order valence-electron chi connectivity index (χ3n) is 5.03. The fraction of sp³-hybridized carbons (Fsp3) is 0.593. The zero-order valence-corrected chi connectivity index (χ0v) is 22.7. The number of pyridine rings is 1. The number of nitrogens with two attached hydrogens (primary N) is 1. The molecule has 6 heteroatoms. The van der Waals surface area contributed by atoms with E-state index in [0.29, 0.717) is 42.2 Å². The van der Waals surface area contributed by atoms with E-state index in [-0.39, 0.29) is 17.2 Å². The van der Waals surface area contributed by atoms with Crippen molar-refractivity contribution < 1.29 is 5.11 Å². The van der Waals surface area contributed by atoms with Crippen LogP contribution in [0, 0.1) is 12.8 Å². The van der Waals surface area contributed by atoms with Gasteiger partial charge in [-0.1, -0.05) is 73.0 Å². The van der Waals surface area contributed by atoms with Gasteiger partial charge < -0.3 is 15.8 Å². The van der Waals surface area contributed by atoms with E-state index in [2.05, 4.69) is 35.7 Å². The number of aliphatic hydroxyl groups is 1. The molecule has 0 saturated heterocycles. The second-order valence-corrected chi connectivity index (χ2v) is 7.72. The molecule has 0 aliphatic heterocycles. The lowest BCUT2D eigenvalue weighted by atomic mass is 10.0. The molecule has 1 rings (SSSR count). The lowest BCUT2D eigenvalue weighted by Crippen LogP contribution is -2.23. The van der Waals surface area contributed by atoms with Gasteiger partial charge in [0.2, 0.25) is 0 Å². The van der Waals surface area contributed by atoms with Gasteiger partial charge in [0.1, 0.15) is 11.7 Å². The van der Waals surface area contributed by atoms with Crippen molar-refractivity contribution >= 4 is 11.7 Å². The number of unbranched alkanes of at least 4 members (excludes halogenated alkanes) is 1. The van der Waals surface area contributed by atoms with Crippen LogP contribution < -0.4 is 11.2 Å². The molecule has 1 aromatic heterocycles. The van der Waals surface area contributed by atoms with Crippen molar-refractivity contribution in [3.63, 3.8) is 0 Å². The number of hydrogen-bond acceptors (Lipinski definition) is 3. The summed E-state index contributed by atoms with van der Waals surface area (Å²) in [6, 6.07) is 1.59. The van der Waals surface area contributed by atoms with Gasteiger partial charge in [-0.15, -0.1) is 0 Å². The van der Waals surface area contributed by atoms with Crippen LogP contribution in [0.5, 0.6) is 0 Å². The zero-order valence-electron chi connectivity index (χ0n) is 22.7. The van der Waals surface area contributed by atoms with Gasteiger partial charge in [0.25, 0.3) is 0 Å². The molecule has 0 aromatic carbocycles. The highest BCUT2D eigenvalue weighted by Crippen LogP contribution is 2.11. The van der Waals surface area contributed by atoms with Crippen LogP contribution in [0.15, 0.2) is 44.3 Å². The summed E-state index contributed by atoms with van der Waals surface area (Å²) in [5.74, 6) is 1.39. The molecule has 0 bridgehead atoms. The molecular weight excluding hydrogens is 412 g/mol. The Morgan fingerprint density at radius 3 is 2.21 bits per heavy atom. The molecular formula is C27H48N4O2. The first-order valence-electron chi connectivity index (χ1n) is 12.3. The third-order valence-corrected chi connectivity index (χ3v) is 5.03. The number of aliphatic hydroxyl groups excluding tert-OH is 1. The lowest BCUT2D eigenvalue weighted by Gasteiger charge is -2.10. The predicted octanol–water partition coefficient (Wildman–Crippen LogP) is 6.64. The van der Waals surface area contributed by atoms with E-state index in [1.165, 1.54) is 12.8 Å². The molecule has 0 amide bonds. The molecule has 1 unspecified atom stereocenters. The SMILES string of the molecule is CC.CC/C(O)=C\C=C(/C)C(C)CN=C(C)N=C(N)c1[nH]c(CC)cc(=O)c1C.CCCC. The Labute approximate surface area is 201 Å². The monoisotopic (exact) mass is 460 g/mol. The van der Waals surface area contributed by atoms with Crippen molar-refractivity contribution in [2.75, 3.05) is 6.54 Å². The quantitative estimate of drug-likeness (QED) is 0.175. The summed E-state index contributed by atoms with van der Waals surface area (Å²) in [6.45, 7) is 20.4. The Hall–Kier alpha value is -2.63. The summed E-state index contributed by atoms with van der Waals surface area (Å²) in [4.78, 5) is 24.0. The van der Waals surface area contributed by atoms with Gasteiger partial charge in [0, 0.05) is 30.3 Å². The maximum atomic E-state index is 12.0. The first kappa shape index (κ1) is 32.5. The van der Waals surface area contributed by atoms with Crippen molar-refractivity contribution in [2.45, 2.75) is 94.9 Å².